The number of nitrogens with zero attached hydrogens (tertiary/aromatic N) is 1. The molecular formula is C10H7BrF3NO4. The summed E-state index contributed by atoms with van der Waals surface area (Å²) in [5, 5.41) is 10.9. The van der Waals surface area contributed by atoms with Gasteiger partial charge in [-0.1, -0.05) is 28.1 Å². The van der Waals surface area contributed by atoms with Crippen molar-refractivity contribution in [3.05, 3.63) is 33.9 Å². The third-order valence-corrected chi connectivity index (χ3v) is 3.21. The monoisotopic (exact) mass is 341 g/mol. The van der Waals surface area contributed by atoms with Crippen molar-refractivity contribution in [2.45, 2.75) is 18.1 Å². The SMILES string of the molecule is CC(=O)C(Br)c1cccc(OC(F)(F)F)c1[N+](=O)[O-]. The Kier molecular flexibility index (Phi) is 4.51. The lowest BCUT2D eigenvalue weighted by molar-refractivity contribution is -0.389. The number of para-hydroxylation sites is 1. The first kappa shape index (κ1) is 15.4. The highest BCUT2D eigenvalue weighted by atomic mass is 79.9. The molecular weight excluding hydrogens is 335 g/mol. The number of rotatable bonds is 4. The van der Waals surface area contributed by atoms with Crippen LogP contribution in [-0.4, -0.2) is 17.1 Å². The number of nitro groups is 1. The molecule has 5 nitrogen and oxygen atoms in total. The van der Waals surface area contributed by atoms with Gasteiger partial charge in [0.15, 0.2) is 0 Å². The predicted molar refractivity (Wildman–Crippen MR) is 62.1 cm³/mol. The fraction of sp³-hybridized carbons (Fsp3) is 0.300. The maximum atomic E-state index is 12.2. The van der Waals surface area contributed by atoms with Crippen molar-refractivity contribution < 1.29 is 27.6 Å². The summed E-state index contributed by atoms with van der Waals surface area (Å²) in [6.07, 6.45) is -5.05. The standard InChI is InChI=1S/C10H7BrF3NO4/c1-5(16)8(11)6-3-2-4-7(9(6)15(17)18)19-10(12,13)14/h2-4,8H,1H3. The molecule has 1 rings (SSSR count). The van der Waals surface area contributed by atoms with Crippen molar-refractivity contribution in [1.82, 2.24) is 0 Å². The second-order valence-electron chi connectivity index (χ2n) is 3.47. The molecule has 0 aliphatic rings. The van der Waals surface area contributed by atoms with Gasteiger partial charge in [0, 0.05) is 0 Å². The number of carbonyl (C=O) groups is 1. The van der Waals surface area contributed by atoms with Crippen LogP contribution in [0.3, 0.4) is 0 Å². The Hall–Kier alpha value is -1.64. The average Bonchev–Trinajstić information content (AvgIpc) is 2.24. The lowest BCUT2D eigenvalue weighted by Gasteiger charge is -2.12. The van der Waals surface area contributed by atoms with E-state index in [1.807, 2.05) is 0 Å². The smallest absolute Gasteiger partial charge is 0.398 e. The Balaban J connectivity index is 3.38. The maximum Gasteiger partial charge on any atom is 0.573 e. The topological polar surface area (TPSA) is 69.4 Å². The van der Waals surface area contributed by atoms with E-state index in [9.17, 15) is 28.1 Å². The van der Waals surface area contributed by atoms with E-state index in [-0.39, 0.29) is 5.56 Å². The third kappa shape index (κ3) is 3.91. The number of nitro benzene ring substituents is 1. The fourth-order valence-electron chi connectivity index (χ4n) is 1.37. The Bertz CT molecular complexity index is 518. The van der Waals surface area contributed by atoms with Gasteiger partial charge in [0.25, 0.3) is 0 Å². The molecule has 0 saturated carbocycles. The number of ketones is 1. The van der Waals surface area contributed by atoms with Crippen molar-refractivity contribution in [2.75, 3.05) is 0 Å². The van der Waals surface area contributed by atoms with Crippen molar-refractivity contribution in [2.24, 2.45) is 0 Å². The molecule has 0 aliphatic heterocycles. The highest BCUT2D eigenvalue weighted by Crippen LogP contribution is 2.40. The molecule has 0 N–H and O–H groups in total. The largest absolute Gasteiger partial charge is 0.573 e. The van der Waals surface area contributed by atoms with E-state index in [0.717, 1.165) is 19.1 Å². The van der Waals surface area contributed by atoms with Gasteiger partial charge < -0.3 is 4.74 Å². The zero-order valence-corrected chi connectivity index (χ0v) is 11.0. The summed E-state index contributed by atoms with van der Waals surface area (Å²) in [6.45, 7) is 1.15. The van der Waals surface area contributed by atoms with Gasteiger partial charge in [-0.3, -0.25) is 14.9 Å². The quantitative estimate of drug-likeness (QED) is 0.477. The number of hydrogen-bond donors (Lipinski definition) is 0. The van der Waals surface area contributed by atoms with E-state index in [1.54, 1.807) is 0 Å². The van der Waals surface area contributed by atoms with Gasteiger partial charge in [-0.25, -0.2) is 0 Å². The first-order valence-corrected chi connectivity index (χ1v) is 5.72. The number of alkyl halides is 4. The molecule has 0 bridgehead atoms. The minimum Gasteiger partial charge on any atom is -0.398 e. The minimum absolute atomic E-state index is 0.195. The Morgan fingerprint density at radius 1 is 1.47 bits per heavy atom. The number of hydrogen-bond acceptors (Lipinski definition) is 4. The zero-order chi connectivity index (χ0) is 14.8. The van der Waals surface area contributed by atoms with E-state index in [0.29, 0.717) is 0 Å². The Morgan fingerprint density at radius 3 is 2.47 bits per heavy atom. The molecule has 0 saturated heterocycles. The van der Waals surface area contributed by atoms with Gasteiger partial charge in [-0.05, 0) is 13.0 Å². The van der Waals surface area contributed by atoms with E-state index >= 15 is 0 Å². The first-order valence-electron chi connectivity index (χ1n) is 4.81. The maximum absolute atomic E-state index is 12.2. The van der Waals surface area contributed by atoms with E-state index in [2.05, 4.69) is 20.7 Å². The van der Waals surface area contributed by atoms with Gasteiger partial charge >= 0.3 is 12.0 Å². The van der Waals surface area contributed by atoms with Crippen LogP contribution < -0.4 is 4.74 Å². The zero-order valence-electron chi connectivity index (χ0n) is 9.40. The van der Waals surface area contributed by atoms with Crippen LogP contribution in [0, 0.1) is 10.1 Å². The molecule has 0 aliphatic carbocycles. The van der Waals surface area contributed by atoms with E-state index in [4.69, 9.17) is 0 Å². The highest BCUT2D eigenvalue weighted by Gasteiger charge is 2.36. The van der Waals surface area contributed by atoms with Gasteiger partial charge in [-0.2, -0.15) is 0 Å². The summed E-state index contributed by atoms with van der Waals surface area (Å²) in [5.74, 6) is -1.44. The molecule has 19 heavy (non-hydrogen) atoms. The molecule has 1 aromatic carbocycles. The van der Waals surface area contributed by atoms with Crippen LogP contribution in [0.4, 0.5) is 18.9 Å². The normalized spacial score (nSPS) is 12.9. The van der Waals surface area contributed by atoms with Crippen LogP contribution in [0.15, 0.2) is 18.2 Å². The van der Waals surface area contributed by atoms with Gasteiger partial charge in [0.1, 0.15) is 10.6 Å². The van der Waals surface area contributed by atoms with Gasteiger partial charge in [0.05, 0.1) is 10.5 Å². The van der Waals surface area contributed by atoms with Gasteiger partial charge in [0.2, 0.25) is 5.75 Å². The van der Waals surface area contributed by atoms with Gasteiger partial charge in [-0.15, -0.1) is 13.2 Å². The van der Waals surface area contributed by atoms with Crippen molar-refractivity contribution in [3.8, 4) is 5.75 Å². The number of ether oxygens (including phenoxy) is 1. The first-order chi connectivity index (χ1) is 8.63. The third-order valence-electron chi connectivity index (χ3n) is 2.07. The molecule has 0 heterocycles. The van der Waals surface area contributed by atoms with Crippen molar-refractivity contribution in [1.29, 1.82) is 0 Å². The molecule has 1 atom stereocenters. The number of benzene rings is 1. The predicted octanol–water partition coefficient (Wildman–Crippen LogP) is 3.52. The molecule has 0 fully saturated rings. The van der Waals surface area contributed by atoms with Crippen LogP contribution in [0.5, 0.6) is 5.75 Å². The summed E-state index contributed by atoms with van der Waals surface area (Å²) in [4.78, 5) is 20.0. The molecule has 0 radical (unpaired) electrons. The molecule has 0 spiro atoms. The number of halogens is 4. The summed E-state index contributed by atoms with van der Waals surface area (Å²) >= 11 is 2.89. The molecule has 1 unspecified atom stereocenters. The molecule has 0 aromatic heterocycles. The van der Waals surface area contributed by atoms with Crippen LogP contribution >= 0.6 is 15.9 Å². The second-order valence-corrected chi connectivity index (χ2v) is 4.39. The summed E-state index contributed by atoms with van der Waals surface area (Å²) in [7, 11) is 0. The average molecular weight is 342 g/mol. The second kappa shape index (κ2) is 5.55. The summed E-state index contributed by atoms with van der Waals surface area (Å²) in [6, 6.07) is 3.14. The van der Waals surface area contributed by atoms with Crippen LogP contribution in [0.1, 0.15) is 17.3 Å². The number of carbonyl (C=O) groups excluding carboxylic acids is 1. The Labute approximate surface area is 113 Å². The number of Topliss-reactive ketones (excluding diaryl/α,β-unsaturated/α-hetero) is 1. The fourth-order valence-corrected chi connectivity index (χ4v) is 1.73. The molecule has 1 aromatic rings. The minimum atomic E-state index is -5.05. The molecule has 0 amide bonds. The molecule has 104 valence electrons. The van der Waals surface area contributed by atoms with Crippen LogP contribution in [0.2, 0.25) is 0 Å². The highest BCUT2D eigenvalue weighted by molar-refractivity contribution is 9.09. The summed E-state index contributed by atoms with van der Waals surface area (Å²) < 4.78 is 40.0. The van der Waals surface area contributed by atoms with E-state index < -0.39 is 33.3 Å². The lowest BCUT2D eigenvalue weighted by atomic mass is 10.1. The van der Waals surface area contributed by atoms with Crippen LogP contribution in [0.25, 0.3) is 0 Å². The van der Waals surface area contributed by atoms with Crippen LogP contribution in [-0.2, 0) is 4.79 Å². The van der Waals surface area contributed by atoms with Crippen molar-refractivity contribution in [3.63, 3.8) is 0 Å². The van der Waals surface area contributed by atoms with E-state index in [1.165, 1.54) is 6.07 Å². The lowest BCUT2D eigenvalue weighted by Crippen LogP contribution is -2.18. The molecule has 9 heteroatoms. The van der Waals surface area contributed by atoms with Crippen molar-refractivity contribution >= 4 is 27.4 Å². The summed E-state index contributed by atoms with van der Waals surface area (Å²) in [5.41, 5.74) is -1.09. The Morgan fingerprint density at radius 2 is 2.05 bits per heavy atom.